The Morgan fingerprint density at radius 3 is 2.80 bits per heavy atom. The fraction of sp³-hybridized carbons (Fsp3) is 0.500. The van der Waals surface area contributed by atoms with Gasteiger partial charge in [-0.25, -0.2) is 0 Å². The molecule has 0 aliphatic rings. The van der Waals surface area contributed by atoms with E-state index in [1.165, 1.54) is 0 Å². The summed E-state index contributed by atoms with van der Waals surface area (Å²) >= 11 is 1.61. The summed E-state index contributed by atoms with van der Waals surface area (Å²) in [4.78, 5) is 14.5. The molecule has 1 aromatic heterocycles. The number of hydrogen-bond donors (Lipinski definition) is 1. The van der Waals surface area contributed by atoms with Gasteiger partial charge in [-0.2, -0.15) is 0 Å². The summed E-state index contributed by atoms with van der Waals surface area (Å²) in [5, 5.41) is 1.98. The molecule has 0 saturated heterocycles. The highest BCUT2D eigenvalue weighted by Crippen LogP contribution is 2.10. The lowest BCUT2D eigenvalue weighted by Crippen LogP contribution is -2.40. The van der Waals surface area contributed by atoms with E-state index in [0.717, 1.165) is 4.88 Å². The summed E-state index contributed by atoms with van der Waals surface area (Å²) in [5.74, 6) is 0.130. The van der Waals surface area contributed by atoms with Gasteiger partial charge in [0.1, 0.15) is 0 Å². The van der Waals surface area contributed by atoms with E-state index in [4.69, 9.17) is 5.73 Å². The third kappa shape index (κ3) is 4.20. The monoisotopic (exact) mass is 248 g/mol. The molecule has 0 aliphatic carbocycles. The summed E-state index contributed by atoms with van der Waals surface area (Å²) in [6.07, 6.45) is 0.485. The minimum atomic E-state index is 0. The Labute approximate surface area is 101 Å². The van der Waals surface area contributed by atoms with Gasteiger partial charge in [0, 0.05) is 24.5 Å². The van der Waals surface area contributed by atoms with E-state index in [2.05, 4.69) is 0 Å². The minimum absolute atomic E-state index is 0. The smallest absolute Gasteiger partial charge is 0.227 e. The van der Waals surface area contributed by atoms with Gasteiger partial charge in [0.2, 0.25) is 5.91 Å². The van der Waals surface area contributed by atoms with Crippen molar-refractivity contribution in [2.75, 3.05) is 13.6 Å². The lowest BCUT2D eigenvalue weighted by molar-refractivity contribution is -0.130. The molecule has 0 radical (unpaired) electrons. The first-order valence-corrected chi connectivity index (χ1v) is 5.51. The van der Waals surface area contributed by atoms with E-state index in [-0.39, 0.29) is 24.4 Å². The summed E-state index contributed by atoms with van der Waals surface area (Å²) in [5.41, 5.74) is 5.49. The maximum Gasteiger partial charge on any atom is 0.227 e. The molecule has 1 aromatic rings. The van der Waals surface area contributed by atoms with Gasteiger partial charge in [-0.05, 0) is 18.4 Å². The van der Waals surface area contributed by atoms with Crippen molar-refractivity contribution >= 4 is 29.7 Å². The molecule has 1 rings (SSSR count). The zero-order valence-corrected chi connectivity index (χ0v) is 10.6. The van der Waals surface area contributed by atoms with Crippen LogP contribution in [0.1, 0.15) is 11.8 Å². The quantitative estimate of drug-likeness (QED) is 0.878. The molecule has 86 valence electrons. The van der Waals surface area contributed by atoms with E-state index < -0.39 is 0 Å². The molecule has 1 unspecified atom stereocenters. The number of carbonyl (C=O) groups excluding carboxylic acids is 1. The van der Waals surface area contributed by atoms with Crippen LogP contribution in [0.15, 0.2) is 17.5 Å². The third-order valence-corrected chi connectivity index (χ3v) is 3.18. The molecular weight excluding hydrogens is 232 g/mol. The van der Waals surface area contributed by atoms with Gasteiger partial charge in [0.05, 0.1) is 6.42 Å². The Morgan fingerprint density at radius 1 is 1.67 bits per heavy atom. The fourth-order valence-electron chi connectivity index (χ4n) is 1.09. The van der Waals surface area contributed by atoms with Crippen molar-refractivity contribution in [1.82, 2.24) is 4.90 Å². The minimum Gasteiger partial charge on any atom is -0.341 e. The number of thiophene rings is 1. The maximum atomic E-state index is 11.7. The Balaban J connectivity index is 0.00000196. The summed E-state index contributed by atoms with van der Waals surface area (Å²) in [6, 6.07) is 4.05. The molecule has 0 spiro atoms. The predicted molar refractivity (Wildman–Crippen MR) is 66.6 cm³/mol. The van der Waals surface area contributed by atoms with Crippen molar-refractivity contribution in [2.45, 2.75) is 19.4 Å². The second-order valence-corrected chi connectivity index (χ2v) is 4.38. The van der Waals surface area contributed by atoms with E-state index >= 15 is 0 Å². The van der Waals surface area contributed by atoms with Crippen molar-refractivity contribution in [1.29, 1.82) is 0 Å². The van der Waals surface area contributed by atoms with Gasteiger partial charge >= 0.3 is 0 Å². The molecule has 1 heterocycles. The van der Waals surface area contributed by atoms with E-state index in [9.17, 15) is 4.79 Å². The highest BCUT2D eigenvalue weighted by molar-refractivity contribution is 7.10. The number of nitrogens with zero attached hydrogens (tertiary/aromatic N) is 1. The van der Waals surface area contributed by atoms with Gasteiger partial charge in [-0.3, -0.25) is 4.79 Å². The summed E-state index contributed by atoms with van der Waals surface area (Å²) in [7, 11) is 1.80. The summed E-state index contributed by atoms with van der Waals surface area (Å²) < 4.78 is 0. The molecular formula is C10H17ClN2OS. The number of amides is 1. The molecule has 1 amide bonds. The zero-order valence-electron chi connectivity index (χ0n) is 8.97. The average molecular weight is 249 g/mol. The Bertz CT molecular complexity index is 290. The second-order valence-electron chi connectivity index (χ2n) is 3.35. The second kappa shape index (κ2) is 6.82. The van der Waals surface area contributed by atoms with Crippen molar-refractivity contribution in [2.24, 2.45) is 5.73 Å². The molecule has 1 atom stereocenters. The molecule has 5 heteroatoms. The van der Waals surface area contributed by atoms with Gasteiger partial charge in [0.25, 0.3) is 0 Å². The first kappa shape index (κ1) is 14.4. The number of likely N-dealkylation sites (N-methyl/N-ethyl adjacent to an activating group) is 1. The molecule has 3 nitrogen and oxygen atoms in total. The van der Waals surface area contributed by atoms with E-state index in [1.54, 1.807) is 23.3 Å². The molecule has 0 aliphatic heterocycles. The van der Waals surface area contributed by atoms with Crippen LogP contribution in [0.5, 0.6) is 0 Å². The molecule has 0 aromatic carbocycles. The van der Waals surface area contributed by atoms with Crippen LogP contribution in [-0.2, 0) is 11.2 Å². The normalized spacial score (nSPS) is 11.7. The molecule has 2 N–H and O–H groups in total. The SMILES string of the molecule is CC(CN)N(C)C(=O)Cc1cccs1.Cl. The Hall–Kier alpha value is -0.580. The average Bonchev–Trinajstić information content (AvgIpc) is 2.68. The number of nitrogens with two attached hydrogens (primary N) is 1. The lowest BCUT2D eigenvalue weighted by Gasteiger charge is -2.23. The summed E-state index contributed by atoms with van der Waals surface area (Å²) in [6.45, 7) is 2.46. The number of halogens is 1. The highest BCUT2D eigenvalue weighted by Gasteiger charge is 2.14. The maximum absolute atomic E-state index is 11.7. The van der Waals surface area contributed by atoms with Crippen molar-refractivity contribution in [3.8, 4) is 0 Å². The highest BCUT2D eigenvalue weighted by atomic mass is 35.5. The zero-order chi connectivity index (χ0) is 10.6. The topological polar surface area (TPSA) is 46.3 Å². The standard InChI is InChI=1S/C10H16N2OS.ClH/c1-8(7-11)12(2)10(13)6-9-4-3-5-14-9;/h3-5,8H,6-7,11H2,1-2H3;1H. The molecule has 0 bridgehead atoms. The molecule has 15 heavy (non-hydrogen) atoms. The van der Waals surface area contributed by atoms with E-state index in [1.807, 2.05) is 24.4 Å². The van der Waals surface area contributed by atoms with Crippen LogP contribution < -0.4 is 5.73 Å². The van der Waals surface area contributed by atoms with Crippen LogP contribution in [0.25, 0.3) is 0 Å². The molecule has 0 saturated carbocycles. The van der Waals surface area contributed by atoms with Gasteiger partial charge in [-0.1, -0.05) is 6.07 Å². The number of rotatable bonds is 4. The van der Waals surface area contributed by atoms with Crippen LogP contribution in [0.2, 0.25) is 0 Å². The lowest BCUT2D eigenvalue weighted by atomic mass is 10.2. The third-order valence-electron chi connectivity index (χ3n) is 2.30. The Kier molecular flexibility index (Phi) is 6.56. The predicted octanol–water partition coefficient (Wildman–Crippen LogP) is 1.52. The van der Waals surface area contributed by atoms with Crippen molar-refractivity contribution in [3.05, 3.63) is 22.4 Å². The van der Waals surface area contributed by atoms with E-state index in [0.29, 0.717) is 13.0 Å². The van der Waals surface area contributed by atoms with Gasteiger partial charge in [0.15, 0.2) is 0 Å². The molecule has 0 fully saturated rings. The largest absolute Gasteiger partial charge is 0.341 e. The van der Waals surface area contributed by atoms with Crippen molar-refractivity contribution < 1.29 is 4.79 Å². The van der Waals surface area contributed by atoms with Crippen LogP contribution in [0, 0.1) is 0 Å². The first-order valence-electron chi connectivity index (χ1n) is 4.63. The first-order chi connectivity index (χ1) is 6.65. The van der Waals surface area contributed by atoms with Crippen LogP contribution in [-0.4, -0.2) is 30.4 Å². The van der Waals surface area contributed by atoms with Crippen LogP contribution in [0.3, 0.4) is 0 Å². The van der Waals surface area contributed by atoms with Gasteiger partial charge in [-0.15, -0.1) is 23.7 Å². The number of hydrogen-bond acceptors (Lipinski definition) is 3. The van der Waals surface area contributed by atoms with Gasteiger partial charge < -0.3 is 10.6 Å². The number of carbonyl (C=O) groups is 1. The Morgan fingerprint density at radius 2 is 2.33 bits per heavy atom. The van der Waals surface area contributed by atoms with Crippen molar-refractivity contribution in [3.63, 3.8) is 0 Å². The van der Waals surface area contributed by atoms with Crippen LogP contribution >= 0.6 is 23.7 Å². The van der Waals surface area contributed by atoms with Crippen LogP contribution in [0.4, 0.5) is 0 Å². The fourth-order valence-corrected chi connectivity index (χ4v) is 1.79.